The molecule has 0 spiro atoms. The Morgan fingerprint density at radius 1 is 1.41 bits per heavy atom. The van der Waals surface area contributed by atoms with Crippen LogP contribution in [0.1, 0.15) is 25.4 Å². The Morgan fingerprint density at radius 3 is 2.41 bits per heavy atom. The van der Waals surface area contributed by atoms with Crippen molar-refractivity contribution in [3.8, 4) is 0 Å². The molecular formula is C12H17NO4. The monoisotopic (exact) mass is 239 g/mol. The van der Waals surface area contributed by atoms with E-state index in [1.165, 1.54) is 18.7 Å². The Bertz CT molecular complexity index is 433. The fourth-order valence-electron chi connectivity index (χ4n) is 1.44. The van der Waals surface area contributed by atoms with Crippen LogP contribution < -0.4 is 0 Å². The predicted octanol–water partition coefficient (Wildman–Crippen LogP) is 1.66. The summed E-state index contributed by atoms with van der Waals surface area (Å²) >= 11 is 0. The third-order valence-electron chi connectivity index (χ3n) is 2.61. The van der Waals surface area contributed by atoms with Crippen molar-refractivity contribution >= 4 is 11.9 Å². The lowest BCUT2D eigenvalue weighted by Crippen LogP contribution is -2.42. The minimum absolute atomic E-state index is 0.267. The van der Waals surface area contributed by atoms with Crippen molar-refractivity contribution in [1.82, 2.24) is 4.90 Å². The van der Waals surface area contributed by atoms with Crippen molar-refractivity contribution in [3.05, 3.63) is 23.7 Å². The zero-order chi connectivity index (χ0) is 13.2. The lowest BCUT2D eigenvalue weighted by atomic mass is 9.92. The molecule has 0 aliphatic carbocycles. The Kier molecular flexibility index (Phi) is 3.60. The van der Waals surface area contributed by atoms with Crippen LogP contribution in [0.15, 0.2) is 16.5 Å². The van der Waals surface area contributed by atoms with Gasteiger partial charge in [0.1, 0.15) is 16.9 Å². The van der Waals surface area contributed by atoms with Crippen LogP contribution in [0.2, 0.25) is 0 Å². The average molecular weight is 239 g/mol. The van der Waals surface area contributed by atoms with Gasteiger partial charge in [-0.3, -0.25) is 9.59 Å². The molecule has 0 fully saturated rings. The van der Waals surface area contributed by atoms with Gasteiger partial charge in [-0.2, -0.15) is 0 Å². The highest BCUT2D eigenvalue weighted by Crippen LogP contribution is 2.20. The number of amides is 1. The van der Waals surface area contributed by atoms with E-state index < -0.39 is 17.3 Å². The van der Waals surface area contributed by atoms with Gasteiger partial charge in [-0.05, 0) is 32.9 Å². The molecule has 0 atom stereocenters. The third-order valence-corrected chi connectivity index (χ3v) is 2.61. The quantitative estimate of drug-likeness (QED) is 0.811. The molecule has 0 saturated carbocycles. The number of hydrogen-bond acceptors (Lipinski definition) is 3. The zero-order valence-corrected chi connectivity index (χ0v) is 10.5. The van der Waals surface area contributed by atoms with Crippen LogP contribution in [0.4, 0.5) is 0 Å². The molecule has 5 nitrogen and oxygen atoms in total. The van der Waals surface area contributed by atoms with Crippen LogP contribution in [0, 0.1) is 12.3 Å². The van der Waals surface area contributed by atoms with E-state index in [1.807, 2.05) is 6.92 Å². The fraction of sp³-hybridized carbons (Fsp3) is 0.500. The van der Waals surface area contributed by atoms with Crippen LogP contribution in [-0.2, 0) is 16.1 Å². The van der Waals surface area contributed by atoms with Crippen LogP contribution in [-0.4, -0.2) is 28.9 Å². The summed E-state index contributed by atoms with van der Waals surface area (Å²) < 4.78 is 5.34. The molecule has 0 aromatic carbocycles. The summed E-state index contributed by atoms with van der Waals surface area (Å²) in [6, 6.07) is 3.57. The van der Waals surface area contributed by atoms with Gasteiger partial charge < -0.3 is 14.4 Å². The van der Waals surface area contributed by atoms with Crippen LogP contribution in [0.3, 0.4) is 0 Å². The molecular weight excluding hydrogens is 222 g/mol. The Labute approximate surface area is 100 Å². The minimum atomic E-state index is -1.42. The summed E-state index contributed by atoms with van der Waals surface area (Å²) in [5.41, 5.74) is -1.42. The number of carboxylic acids is 1. The summed E-state index contributed by atoms with van der Waals surface area (Å²) in [4.78, 5) is 24.2. The van der Waals surface area contributed by atoms with E-state index in [-0.39, 0.29) is 6.54 Å². The summed E-state index contributed by atoms with van der Waals surface area (Å²) in [6.45, 7) is 4.86. The van der Waals surface area contributed by atoms with Crippen molar-refractivity contribution in [2.45, 2.75) is 27.3 Å². The second-order valence-corrected chi connectivity index (χ2v) is 4.60. The molecule has 0 aliphatic rings. The maximum Gasteiger partial charge on any atom is 0.318 e. The topological polar surface area (TPSA) is 70.8 Å². The molecule has 0 aliphatic heterocycles. The van der Waals surface area contributed by atoms with Crippen LogP contribution in [0.25, 0.3) is 0 Å². The number of rotatable bonds is 4. The molecule has 1 aromatic rings. The van der Waals surface area contributed by atoms with Gasteiger partial charge >= 0.3 is 5.97 Å². The molecule has 1 heterocycles. The molecule has 17 heavy (non-hydrogen) atoms. The van der Waals surface area contributed by atoms with Crippen molar-refractivity contribution < 1.29 is 19.1 Å². The van der Waals surface area contributed by atoms with Crippen molar-refractivity contribution in [2.75, 3.05) is 7.05 Å². The Morgan fingerprint density at radius 2 is 2.00 bits per heavy atom. The van der Waals surface area contributed by atoms with Gasteiger partial charge in [-0.15, -0.1) is 0 Å². The average Bonchev–Trinajstić information content (AvgIpc) is 2.62. The first-order valence-electron chi connectivity index (χ1n) is 5.29. The van der Waals surface area contributed by atoms with Gasteiger partial charge in [0.25, 0.3) is 0 Å². The highest BCUT2D eigenvalue weighted by Gasteiger charge is 2.38. The summed E-state index contributed by atoms with van der Waals surface area (Å²) in [7, 11) is 1.56. The maximum atomic E-state index is 11.9. The lowest BCUT2D eigenvalue weighted by molar-refractivity contribution is -0.157. The predicted molar refractivity (Wildman–Crippen MR) is 61.3 cm³/mol. The van der Waals surface area contributed by atoms with Crippen molar-refractivity contribution in [2.24, 2.45) is 5.41 Å². The van der Waals surface area contributed by atoms with Gasteiger partial charge in [-0.25, -0.2) is 0 Å². The van der Waals surface area contributed by atoms with E-state index in [4.69, 9.17) is 9.52 Å². The van der Waals surface area contributed by atoms with Crippen molar-refractivity contribution in [3.63, 3.8) is 0 Å². The number of carboxylic acid groups (broad SMARTS) is 1. The minimum Gasteiger partial charge on any atom is -0.480 e. The number of aryl methyl sites for hydroxylation is 1. The molecule has 0 bridgehead atoms. The largest absolute Gasteiger partial charge is 0.480 e. The number of hydrogen-bond donors (Lipinski definition) is 1. The van der Waals surface area contributed by atoms with Gasteiger partial charge in [0.15, 0.2) is 0 Å². The van der Waals surface area contributed by atoms with Gasteiger partial charge in [0.05, 0.1) is 6.54 Å². The molecule has 1 N–H and O–H groups in total. The highest BCUT2D eigenvalue weighted by atomic mass is 16.4. The van der Waals surface area contributed by atoms with E-state index in [2.05, 4.69) is 0 Å². The number of furan rings is 1. The number of carbonyl (C=O) groups excluding carboxylic acids is 1. The highest BCUT2D eigenvalue weighted by molar-refractivity contribution is 6.00. The maximum absolute atomic E-state index is 11.9. The molecule has 1 rings (SSSR count). The molecule has 1 aromatic heterocycles. The van der Waals surface area contributed by atoms with E-state index in [0.29, 0.717) is 5.76 Å². The fourth-order valence-corrected chi connectivity index (χ4v) is 1.44. The van der Waals surface area contributed by atoms with Crippen molar-refractivity contribution in [1.29, 1.82) is 0 Å². The van der Waals surface area contributed by atoms with E-state index >= 15 is 0 Å². The molecule has 94 valence electrons. The first kappa shape index (κ1) is 13.3. The van der Waals surface area contributed by atoms with Gasteiger partial charge in [0.2, 0.25) is 5.91 Å². The van der Waals surface area contributed by atoms with Gasteiger partial charge in [0, 0.05) is 7.05 Å². The zero-order valence-electron chi connectivity index (χ0n) is 10.5. The standard InChI is InChI=1S/C12H17NO4/c1-8-5-6-9(17-8)7-13(4)10(14)12(2,3)11(15)16/h5-6H,7H2,1-4H3,(H,15,16). The lowest BCUT2D eigenvalue weighted by Gasteiger charge is -2.25. The second kappa shape index (κ2) is 4.61. The molecule has 0 unspecified atom stereocenters. The van der Waals surface area contributed by atoms with Crippen LogP contribution >= 0.6 is 0 Å². The molecule has 5 heteroatoms. The van der Waals surface area contributed by atoms with Gasteiger partial charge in [-0.1, -0.05) is 0 Å². The van der Waals surface area contributed by atoms with Crippen LogP contribution in [0.5, 0.6) is 0 Å². The first-order chi connectivity index (χ1) is 7.75. The first-order valence-corrected chi connectivity index (χ1v) is 5.29. The third kappa shape index (κ3) is 2.87. The summed E-state index contributed by atoms with van der Waals surface area (Å²) in [6.07, 6.45) is 0. The van der Waals surface area contributed by atoms with E-state index in [9.17, 15) is 9.59 Å². The summed E-state index contributed by atoms with van der Waals surface area (Å²) in [5.74, 6) is -0.179. The number of carbonyl (C=O) groups is 2. The van der Waals surface area contributed by atoms with E-state index in [1.54, 1.807) is 19.2 Å². The van der Waals surface area contributed by atoms with E-state index in [0.717, 1.165) is 5.76 Å². The second-order valence-electron chi connectivity index (χ2n) is 4.60. The number of nitrogens with zero attached hydrogens (tertiary/aromatic N) is 1. The normalized spacial score (nSPS) is 11.3. The number of aliphatic carboxylic acids is 1. The SMILES string of the molecule is Cc1ccc(CN(C)C(=O)C(C)(C)C(=O)O)o1. The molecule has 1 amide bonds. The molecule has 0 radical (unpaired) electrons. The Hall–Kier alpha value is -1.78. The summed E-state index contributed by atoms with van der Waals surface area (Å²) in [5, 5.41) is 8.96. The Balaban J connectivity index is 2.74. The molecule has 0 saturated heterocycles. The smallest absolute Gasteiger partial charge is 0.318 e.